The van der Waals surface area contributed by atoms with Gasteiger partial charge in [0.05, 0.1) is 22.4 Å². The number of fused-ring (bicyclic) bond motifs is 1. The van der Waals surface area contributed by atoms with Crippen LogP contribution in [0, 0.1) is 0 Å². The molecule has 0 aliphatic carbocycles. The van der Waals surface area contributed by atoms with Gasteiger partial charge in [-0.3, -0.25) is 19.1 Å². The van der Waals surface area contributed by atoms with E-state index in [1.54, 1.807) is 30.5 Å². The van der Waals surface area contributed by atoms with Gasteiger partial charge in [0.25, 0.3) is 11.5 Å². The summed E-state index contributed by atoms with van der Waals surface area (Å²) >= 11 is 9.50. The van der Waals surface area contributed by atoms with Crippen LogP contribution in [-0.4, -0.2) is 40.4 Å². The van der Waals surface area contributed by atoms with Crippen LogP contribution in [-0.2, 0) is 11.3 Å². The lowest BCUT2D eigenvalue weighted by molar-refractivity contribution is -0.119. The first-order chi connectivity index (χ1) is 14.9. The van der Waals surface area contributed by atoms with Crippen molar-refractivity contribution in [3.63, 3.8) is 0 Å². The van der Waals surface area contributed by atoms with Gasteiger partial charge in [-0.15, -0.1) is 11.3 Å². The van der Waals surface area contributed by atoms with E-state index in [4.69, 9.17) is 17.0 Å². The normalized spacial score (nSPS) is 19.7. The summed E-state index contributed by atoms with van der Waals surface area (Å²) in [6.07, 6.45) is 3.83. The van der Waals surface area contributed by atoms with Crippen LogP contribution in [0.5, 0.6) is 5.75 Å². The van der Waals surface area contributed by atoms with E-state index in [9.17, 15) is 9.59 Å². The predicted molar refractivity (Wildman–Crippen MR) is 134 cm³/mol. The third kappa shape index (κ3) is 3.86. The Bertz CT molecular complexity index is 1290. The number of thioether (sulfide) groups is 2. The molecule has 1 aromatic heterocycles. The molecule has 2 aromatic rings. The lowest BCUT2D eigenvalue weighted by Crippen LogP contribution is -2.32. The van der Waals surface area contributed by atoms with Gasteiger partial charge in [0.2, 0.25) is 0 Å². The van der Waals surface area contributed by atoms with Gasteiger partial charge < -0.3 is 9.64 Å². The van der Waals surface area contributed by atoms with Gasteiger partial charge in [0.1, 0.15) is 19.6 Å². The third-order valence-electron chi connectivity index (χ3n) is 5.01. The number of carbonyl (C=O) groups excluding carboxylic acids is 1. The van der Waals surface area contributed by atoms with E-state index in [-0.39, 0.29) is 11.5 Å². The summed E-state index contributed by atoms with van der Waals surface area (Å²) in [5, 5.41) is 1.04. The van der Waals surface area contributed by atoms with Crippen molar-refractivity contribution in [3.8, 4) is 5.75 Å². The molecule has 4 rings (SSSR count). The third-order valence-corrected chi connectivity index (χ3v) is 8.96. The predicted octanol–water partition coefficient (Wildman–Crippen LogP) is 2.79. The van der Waals surface area contributed by atoms with Crippen molar-refractivity contribution >= 4 is 74.0 Å². The molecule has 2 aliphatic rings. The van der Waals surface area contributed by atoms with Crippen LogP contribution in [0.4, 0.5) is 5.69 Å². The highest BCUT2D eigenvalue weighted by Crippen LogP contribution is 2.47. The number of anilines is 1. The van der Waals surface area contributed by atoms with Crippen molar-refractivity contribution in [2.45, 2.75) is 25.3 Å². The van der Waals surface area contributed by atoms with E-state index in [0.717, 1.165) is 27.9 Å². The first kappa shape index (κ1) is 22.2. The highest BCUT2D eigenvalue weighted by molar-refractivity contribution is 8.30. The minimum atomic E-state index is -0.156. The maximum absolute atomic E-state index is 13.0. The number of methoxy groups -OCH3 is 1. The number of aromatic nitrogens is 1. The monoisotopic (exact) mass is 491 g/mol. The van der Waals surface area contributed by atoms with Crippen LogP contribution < -0.4 is 24.4 Å². The van der Waals surface area contributed by atoms with E-state index in [1.165, 1.54) is 28.0 Å². The second-order valence-corrected chi connectivity index (χ2v) is 10.5. The van der Waals surface area contributed by atoms with Crippen LogP contribution >= 0.6 is 47.1 Å². The molecule has 1 fully saturated rings. The van der Waals surface area contributed by atoms with E-state index in [0.29, 0.717) is 25.0 Å². The van der Waals surface area contributed by atoms with Gasteiger partial charge >= 0.3 is 0 Å². The second-order valence-electron chi connectivity index (χ2n) is 6.73. The quantitative estimate of drug-likeness (QED) is 0.610. The van der Waals surface area contributed by atoms with Crippen molar-refractivity contribution < 1.29 is 9.53 Å². The second kappa shape index (κ2) is 8.85. The van der Waals surface area contributed by atoms with Gasteiger partial charge in [-0.05, 0) is 38.1 Å². The average Bonchev–Trinajstić information content (AvgIpc) is 3.38. The fourth-order valence-electron chi connectivity index (χ4n) is 3.36. The number of hydrogen-bond acceptors (Lipinski definition) is 8. The minimum Gasteiger partial charge on any atom is -0.497 e. The molecule has 0 radical (unpaired) electrons. The van der Waals surface area contributed by atoms with Crippen molar-refractivity contribution in [2.24, 2.45) is 0 Å². The van der Waals surface area contributed by atoms with Gasteiger partial charge in [-0.25, -0.2) is 0 Å². The van der Waals surface area contributed by atoms with Crippen LogP contribution in [0.15, 0.2) is 39.0 Å². The molecule has 31 heavy (non-hydrogen) atoms. The number of carbonyl (C=O) groups is 1. The largest absolute Gasteiger partial charge is 0.497 e. The molecule has 162 valence electrons. The molecule has 0 unspecified atom stereocenters. The molecular weight excluding hydrogens is 471 g/mol. The van der Waals surface area contributed by atoms with Gasteiger partial charge in [0.15, 0.2) is 0 Å². The molecular formula is C21H21N3O3S4. The highest BCUT2D eigenvalue weighted by Gasteiger charge is 2.31. The summed E-state index contributed by atoms with van der Waals surface area (Å²) in [4.78, 5) is 30.9. The molecule has 1 aromatic carbocycles. The SMILES string of the molecule is CCN1/C(=C\C=c2/s/c(=C3\SC(=S)N(C)C3=O)n(CC)c2=O)Sc2ccc(OC)cc21. The zero-order valence-corrected chi connectivity index (χ0v) is 20.8. The molecule has 6 nitrogen and oxygen atoms in total. The number of thiocarbonyl (C=S) groups is 1. The number of nitrogens with zero attached hydrogens (tertiary/aromatic N) is 3. The smallest absolute Gasteiger partial charge is 0.269 e. The fourth-order valence-corrected chi connectivity index (χ4v) is 6.92. The molecule has 10 heteroatoms. The lowest BCUT2D eigenvalue weighted by atomic mass is 10.2. The highest BCUT2D eigenvalue weighted by atomic mass is 32.2. The zero-order valence-electron chi connectivity index (χ0n) is 17.5. The first-order valence-electron chi connectivity index (χ1n) is 9.68. The maximum atomic E-state index is 13.0. The summed E-state index contributed by atoms with van der Waals surface area (Å²) in [5.74, 6) is 0.659. The van der Waals surface area contributed by atoms with Crippen LogP contribution in [0.2, 0.25) is 0 Å². The molecule has 1 amide bonds. The number of thiazole rings is 1. The summed E-state index contributed by atoms with van der Waals surface area (Å²) in [6, 6.07) is 6.03. The van der Waals surface area contributed by atoms with E-state index >= 15 is 0 Å². The lowest BCUT2D eigenvalue weighted by Gasteiger charge is -2.18. The van der Waals surface area contributed by atoms with E-state index in [2.05, 4.69) is 17.9 Å². The standard InChI is InChI=1S/C21H21N3O3S4/c1-5-23-13-11-12(27-4)7-8-14(13)29-16(23)10-9-15-18(25)24(6-2)20(30-15)17-19(26)22(3)21(28)31-17/h7-11H,5-6H2,1-4H3/b15-9-,16-10+,20-17-. The Morgan fingerprint density at radius 1 is 1.13 bits per heavy atom. The molecule has 0 bridgehead atoms. The number of rotatable bonds is 4. The summed E-state index contributed by atoms with van der Waals surface area (Å²) < 4.78 is 8.78. The summed E-state index contributed by atoms with van der Waals surface area (Å²) in [5.41, 5.74) is 1.01. The Kier molecular flexibility index (Phi) is 6.34. The van der Waals surface area contributed by atoms with Crippen molar-refractivity contribution in [2.75, 3.05) is 25.6 Å². The Labute approximate surface area is 197 Å². The number of allylic oxidation sites excluding steroid dienone is 1. The Morgan fingerprint density at radius 2 is 1.90 bits per heavy atom. The summed E-state index contributed by atoms with van der Waals surface area (Å²) in [6.45, 7) is 5.29. The Hall–Kier alpha value is -2.01. The Balaban J connectivity index is 1.80. The number of benzene rings is 1. The summed E-state index contributed by atoms with van der Waals surface area (Å²) in [7, 11) is 3.32. The molecule has 2 aliphatic heterocycles. The van der Waals surface area contributed by atoms with Crippen molar-refractivity contribution in [1.82, 2.24) is 9.47 Å². The topological polar surface area (TPSA) is 54.8 Å². The van der Waals surface area contributed by atoms with Gasteiger partial charge in [-0.1, -0.05) is 35.7 Å². The van der Waals surface area contributed by atoms with Crippen LogP contribution in [0.1, 0.15) is 13.8 Å². The van der Waals surface area contributed by atoms with E-state index in [1.807, 2.05) is 31.2 Å². The zero-order chi connectivity index (χ0) is 22.3. The molecule has 0 saturated carbocycles. The first-order valence-corrected chi connectivity index (χ1v) is 12.5. The average molecular weight is 492 g/mol. The number of amides is 1. The number of ether oxygens (including phenoxy) is 1. The fraction of sp³-hybridized carbons (Fsp3) is 0.286. The molecule has 3 heterocycles. The van der Waals surface area contributed by atoms with Crippen LogP contribution in [0.25, 0.3) is 11.0 Å². The van der Waals surface area contributed by atoms with Gasteiger partial charge in [0, 0.05) is 31.1 Å². The Morgan fingerprint density at radius 3 is 2.52 bits per heavy atom. The molecule has 1 saturated heterocycles. The maximum Gasteiger partial charge on any atom is 0.269 e. The van der Waals surface area contributed by atoms with Crippen LogP contribution in [0.3, 0.4) is 0 Å². The minimum absolute atomic E-state index is 0.0917. The molecule has 0 spiro atoms. The van der Waals surface area contributed by atoms with E-state index < -0.39 is 0 Å². The van der Waals surface area contributed by atoms with Crippen molar-refractivity contribution in [3.05, 3.63) is 48.9 Å². The molecule has 0 atom stereocenters. The number of hydrogen-bond donors (Lipinski definition) is 0. The van der Waals surface area contributed by atoms with Gasteiger partial charge in [-0.2, -0.15) is 0 Å². The van der Waals surface area contributed by atoms with Crippen molar-refractivity contribution in [1.29, 1.82) is 0 Å². The molecule has 0 N–H and O–H groups in total.